The van der Waals surface area contributed by atoms with Crippen LogP contribution in [-0.4, -0.2) is 34.6 Å². The zero-order valence-electron chi connectivity index (χ0n) is 14.9. The van der Waals surface area contributed by atoms with E-state index in [1.807, 2.05) is 28.8 Å². The molecule has 9 heteroatoms. The summed E-state index contributed by atoms with van der Waals surface area (Å²) in [6.07, 6.45) is -4.73. The van der Waals surface area contributed by atoms with Crippen LogP contribution in [-0.2, 0) is 11.3 Å². The smallest absolute Gasteiger partial charge is 0.406 e. The number of imidazole rings is 1. The van der Waals surface area contributed by atoms with E-state index in [0.29, 0.717) is 30.4 Å². The molecule has 0 aliphatic rings. The van der Waals surface area contributed by atoms with E-state index < -0.39 is 6.36 Å². The summed E-state index contributed by atoms with van der Waals surface area (Å²) in [5.74, 6) is 0.936. The molecule has 2 aromatic carbocycles. The van der Waals surface area contributed by atoms with E-state index in [9.17, 15) is 13.2 Å². The zero-order chi connectivity index (χ0) is 19.7. The monoisotopic (exact) mass is 390 g/mol. The number of benzene rings is 2. The molecule has 2 aromatic heterocycles. The second-order valence-corrected chi connectivity index (χ2v) is 6.17. The highest BCUT2D eigenvalue weighted by Gasteiger charge is 2.31. The molecule has 0 fully saturated rings. The molecule has 0 aliphatic carbocycles. The van der Waals surface area contributed by atoms with Gasteiger partial charge in [0.2, 0.25) is 5.95 Å². The third kappa shape index (κ3) is 3.74. The van der Waals surface area contributed by atoms with Crippen LogP contribution in [0.5, 0.6) is 5.75 Å². The van der Waals surface area contributed by atoms with Crippen LogP contribution in [0.25, 0.3) is 21.9 Å². The minimum absolute atomic E-state index is 0.277. The van der Waals surface area contributed by atoms with E-state index in [1.54, 1.807) is 19.2 Å². The Hall–Kier alpha value is -3.20. The summed E-state index contributed by atoms with van der Waals surface area (Å²) in [4.78, 5) is 7.65. The van der Waals surface area contributed by atoms with E-state index >= 15 is 0 Å². The number of methoxy groups -OCH3 is 1. The van der Waals surface area contributed by atoms with E-state index in [-0.39, 0.29) is 5.75 Å². The van der Waals surface area contributed by atoms with E-state index in [4.69, 9.17) is 4.74 Å². The number of hydrogen-bond acceptors (Lipinski definition) is 4. The van der Waals surface area contributed by atoms with Gasteiger partial charge in [-0.05, 0) is 30.3 Å². The number of aromatic nitrogens is 3. The number of fused-ring (bicyclic) bond motifs is 2. The van der Waals surface area contributed by atoms with Gasteiger partial charge in [-0.1, -0.05) is 12.1 Å². The van der Waals surface area contributed by atoms with Crippen LogP contribution in [0, 0.1) is 0 Å². The molecule has 2 N–H and O–H groups in total. The number of H-pyrrole nitrogens is 1. The highest BCUT2D eigenvalue weighted by molar-refractivity contribution is 5.86. The summed E-state index contributed by atoms with van der Waals surface area (Å²) in [5, 5.41) is 3.95. The predicted molar refractivity (Wildman–Crippen MR) is 99.9 cm³/mol. The van der Waals surface area contributed by atoms with Crippen molar-refractivity contribution in [2.75, 3.05) is 19.0 Å². The van der Waals surface area contributed by atoms with Gasteiger partial charge in [0.25, 0.3) is 0 Å². The lowest BCUT2D eigenvalue weighted by Crippen LogP contribution is -2.16. The number of ether oxygens (including phenoxy) is 2. The Morgan fingerprint density at radius 2 is 1.96 bits per heavy atom. The van der Waals surface area contributed by atoms with Crippen molar-refractivity contribution >= 4 is 33.7 Å². The highest BCUT2D eigenvalue weighted by atomic mass is 19.4. The third-order valence-corrected chi connectivity index (χ3v) is 4.25. The Bertz CT molecular complexity index is 1120. The van der Waals surface area contributed by atoms with Crippen LogP contribution in [0.4, 0.5) is 24.9 Å². The minimum atomic E-state index is -4.73. The van der Waals surface area contributed by atoms with Crippen LogP contribution in [0.3, 0.4) is 0 Å². The van der Waals surface area contributed by atoms with E-state index in [1.165, 1.54) is 12.1 Å². The van der Waals surface area contributed by atoms with Crippen LogP contribution in [0.2, 0.25) is 0 Å². The van der Waals surface area contributed by atoms with Gasteiger partial charge in [0.1, 0.15) is 11.6 Å². The number of alkyl halides is 3. The van der Waals surface area contributed by atoms with Gasteiger partial charge in [-0.3, -0.25) is 0 Å². The van der Waals surface area contributed by atoms with Crippen molar-refractivity contribution in [2.24, 2.45) is 0 Å². The molecule has 0 amide bonds. The number of nitrogens with zero attached hydrogens (tertiary/aromatic N) is 2. The van der Waals surface area contributed by atoms with Gasteiger partial charge in [0, 0.05) is 25.1 Å². The first-order valence-corrected chi connectivity index (χ1v) is 8.53. The molecule has 0 aliphatic heterocycles. The van der Waals surface area contributed by atoms with Gasteiger partial charge < -0.3 is 24.3 Å². The zero-order valence-corrected chi connectivity index (χ0v) is 14.9. The molecule has 146 valence electrons. The number of halogens is 3. The van der Waals surface area contributed by atoms with Crippen molar-refractivity contribution in [1.29, 1.82) is 0 Å². The Kier molecular flexibility index (Phi) is 4.60. The maximum atomic E-state index is 12.4. The van der Waals surface area contributed by atoms with Gasteiger partial charge in [0.15, 0.2) is 0 Å². The third-order valence-electron chi connectivity index (χ3n) is 4.25. The van der Waals surface area contributed by atoms with Crippen molar-refractivity contribution in [3.8, 4) is 5.75 Å². The molecule has 0 spiro atoms. The highest BCUT2D eigenvalue weighted by Crippen LogP contribution is 2.29. The summed E-state index contributed by atoms with van der Waals surface area (Å²) in [5.41, 5.74) is 2.31. The Morgan fingerprint density at radius 1 is 1.14 bits per heavy atom. The fourth-order valence-electron chi connectivity index (χ4n) is 3.07. The molecule has 6 nitrogen and oxygen atoms in total. The molecule has 0 bridgehead atoms. The van der Waals surface area contributed by atoms with Gasteiger partial charge in [-0.15, -0.1) is 13.2 Å². The van der Waals surface area contributed by atoms with Crippen molar-refractivity contribution in [2.45, 2.75) is 12.9 Å². The lowest BCUT2D eigenvalue weighted by Gasteiger charge is -2.09. The molecular weight excluding hydrogens is 373 g/mol. The standard InChI is InChI=1S/C19H17F3N4O2/c1-27-9-8-26-16-5-3-2-4-14(16)24-18(26)25-17-10-12-6-7-13(11-15(12)23-17)28-19(20,21)22/h2-7,10-11,23H,8-9H2,1H3,(H,24,25). The first kappa shape index (κ1) is 18.2. The average molecular weight is 390 g/mol. The fourth-order valence-corrected chi connectivity index (χ4v) is 3.07. The Morgan fingerprint density at radius 3 is 2.75 bits per heavy atom. The first-order valence-electron chi connectivity index (χ1n) is 8.53. The largest absolute Gasteiger partial charge is 0.573 e. The number of para-hydroxylation sites is 2. The molecule has 0 unspecified atom stereocenters. The van der Waals surface area contributed by atoms with Crippen LogP contribution >= 0.6 is 0 Å². The van der Waals surface area contributed by atoms with Crippen molar-refractivity contribution < 1.29 is 22.6 Å². The maximum Gasteiger partial charge on any atom is 0.573 e. The summed E-state index contributed by atoms with van der Waals surface area (Å²) in [6, 6.07) is 13.7. The Labute approximate surface area is 157 Å². The van der Waals surface area contributed by atoms with Crippen molar-refractivity contribution in [1.82, 2.24) is 14.5 Å². The van der Waals surface area contributed by atoms with Crippen LogP contribution in [0.15, 0.2) is 48.5 Å². The van der Waals surface area contributed by atoms with Crippen LogP contribution in [0.1, 0.15) is 0 Å². The van der Waals surface area contributed by atoms with E-state index in [0.717, 1.165) is 16.4 Å². The molecule has 0 radical (unpaired) electrons. The molecule has 0 saturated heterocycles. The van der Waals surface area contributed by atoms with Gasteiger partial charge in [-0.25, -0.2) is 4.98 Å². The second-order valence-electron chi connectivity index (χ2n) is 6.17. The number of nitrogens with one attached hydrogen (secondary N) is 2. The average Bonchev–Trinajstić information content (AvgIpc) is 3.18. The number of hydrogen-bond donors (Lipinski definition) is 2. The lowest BCUT2D eigenvalue weighted by atomic mass is 10.2. The minimum Gasteiger partial charge on any atom is -0.406 e. The maximum absolute atomic E-state index is 12.4. The van der Waals surface area contributed by atoms with Crippen molar-refractivity contribution in [3.63, 3.8) is 0 Å². The molecule has 4 aromatic rings. The number of anilines is 2. The molecule has 28 heavy (non-hydrogen) atoms. The molecule has 0 saturated carbocycles. The first-order chi connectivity index (χ1) is 13.4. The number of rotatable bonds is 6. The molecular formula is C19H17F3N4O2. The van der Waals surface area contributed by atoms with Crippen LogP contribution < -0.4 is 10.1 Å². The number of aromatic amines is 1. The fraction of sp³-hybridized carbons (Fsp3) is 0.211. The lowest BCUT2D eigenvalue weighted by molar-refractivity contribution is -0.274. The molecule has 2 heterocycles. The SMILES string of the molecule is COCCn1c(Nc2cc3ccc(OC(F)(F)F)cc3[nH]2)nc2ccccc21. The predicted octanol–water partition coefficient (Wildman–Crippen LogP) is 4.81. The summed E-state index contributed by atoms with van der Waals surface area (Å²) >= 11 is 0. The summed E-state index contributed by atoms with van der Waals surface area (Å²) in [7, 11) is 1.63. The van der Waals surface area contributed by atoms with Crippen molar-refractivity contribution in [3.05, 3.63) is 48.5 Å². The van der Waals surface area contributed by atoms with Gasteiger partial charge in [0.05, 0.1) is 23.2 Å². The topological polar surface area (TPSA) is 64.1 Å². The summed E-state index contributed by atoms with van der Waals surface area (Å²) in [6.45, 7) is 1.11. The normalized spacial score (nSPS) is 12.0. The summed E-state index contributed by atoms with van der Waals surface area (Å²) < 4.78 is 48.4. The molecule has 4 rings (SSSR count). The van der Waals surface area contributed by atoms with Gasteiger partial charge >= 0.3 is 6.36 Å². The van der Waals surface area contributed by atoms with Gasteiger partial charge in [-0.2, -0.15) is 0 Å². The van der Waals surface area contributed by atoms with E-state index in [2.05, 4.69) is 20.0 Å². The Balaban J connectivity index is 1.66. The second kappa shape index (κ2) is 7.08. The molecule has 0 atom stereocenters. The quantitative estimate of drug-likeness (QED) is 0.496.